The molecule has 0 fully saturated rings. The second-order valence-electron chi connectivity index (χ2n) is 5.94. The molecule has 8 nitrogen and oxygen atoms in total. The topological polar surface area (TPSA) is 110 Å². The van der Waals surface area contributed by atoms with Gasteiger partial charge in [0.1, 0.15) is 0 Å². The van der Waals surface area contributed by atoms with Crippen LogP contribution in [0.2, 0.25) is 0 Å². The van der Waals surface area contributed by atoms with Crippen LogP contribution in [0.25, 0.3) is 0 Å². The monoisotopic (exact) mass is 384 g/mol. The molecule has 0 atom stereocenters. The second kappa shape index (κ2) is 9.91. The Kier molecular flexibility index (Phi) is 8.24. The van der Waals surface area contributed by atoms with Crippen LogP contribution in [0.4, 0.5) is 0 Å². The maximum atomic E-state index is 11.9. The Hall–Kier alpha value is -2.42. The molecule has 1 rings (SSSR count). The van der Waals surface area contributed by atoms with Gasteiger partial charge >= 0.3 is 5.97 Å². The number of likely N-dealkylation sites (N-methyl/N-ethyl adjacent to an activating group) is 1. The fourth-order valence-electron chi connectivity index (χ4n) is 1.98. The number of carbonyl (C=O) groups excluding carboxylic acids is 3. The van der Waals surface area contributed by atoms with Crippen LogP contribution < -0.4 is 5.32 Å². The van der Waals surface area contributed by atoms with E-state index in [9.17, 15) is 22.8 Å². The first-order valence-electron chi connectivity index (χ1n) is 8.07. The normalized spacial score (nSPS) is 10.9. The SMILES string of the molecule is CCCNC(=O)CN(C)C(=O)COC(=O)c1ccc(CS(C)(=O)=O)cc1. The molecule has 0 saturated heterocycles. The van der Waals surface area contributed by atoms with Gasteiger partial charge < -0.3 is 15.0 Å². The molecule has 0 aliphatic heterocycles. The quantitative estimate of drug-likeness (QED) is 0.616. The second-order valence-corrected chi connectivity index (χ2v) is 8.08. The Labute approximate surface area is 153 Å². The van der Waals surface area contributed by atoms with Gasteiger partial charge in [0, 0.05) is 19.8 Å². The number of hydrogen-bond acceptors (Lipinski definition) is 6. The fourth-order valence-corrected chi connectivity index (χ4v) is 2.78. The van der Waals surface area contributed by atoms with Crippen LogP contribution in [-0.4, -0.2) is 64.1 Å². The minimum Gasteiger partial charge on any atom is -0.452 e. The standard InChI is InChI=1S/C17H24N2O6S/c1-4-9-18-15(20)10-19(2)16(21)11-25-17(22)14-7-5-13(6-8-14)12-26(3,23)24/h5-8H,4,9-12H2,1-3H3,(H,18,20). The number of ether oxygens (including phenoxy) is 1. The first kappa shape index (κ1) is 21.6. The van der Waals surface area contributed by atoms with E-state index in [0.717, 1.165) is 12.7 Å². The first-order chi connectivity index (χ1) is 12.1. The highest BCUT2D eigenvalue weighted by Crippen LogP contribution is 2.09. The molecular formula is C17H24N2O6S. The van der Waals surface area contributed by atoms with Crippen LogP contribution in [0, 0.1) is 0 Å². The Morgan fingerprint density at radius 3 is 2.31 bits per heavy atom. The molecule has 0 spiro atoms. The third kappa shape index (κ3) is 8.11. The van der Waals surface area contributed by atoms with Crippen LogP contribution in [-0.2, 0) is 29.9 Å². The maximum absolute atomic E-state index is 11.9. The Balaban J connectivity index is 2.50. The van der Waals surface area contributed by atoms with Crippen molar-refractivity contribution in [1.29, 1.82) is 0 Å². The highest BCUT2D eigenvalue weighted by molar-refractivity contribution is 7.89. The summed E-state index contributed by atoms with van der Waals surface area (Å²) in [6.45, 7) is 1.85. The van der Waals surface area contributed by atoms with Crippen molar-refractivity contribution < 1.29 is 27.5 Å². The van der Waals surface area contributed by atoms with Crippen LogP contribution in [0.1, 0.15) is 29.3 Å². The number of hydrogen-bond donors (Lipinski definition) is 1. The number of amides is 2. The Morgan fingerprint density at radius 2 is 1.77 bits per heavy atom. The molecule has 26 heavy (non-hydrogen) atoms. The van der Waals surface area contributed by atoms with E-state index >= 15 is 0 Å². The molecular weight excluding hydrogens is 360 g/mol. The summed E-state index contributed by atoms with van der Waals surface area (Å²) < 4.78 is 27.4. The van der Waals surface area contributed by atoms with Gasteiger partial charge in [0.15, 0.2) is 16.4 Å². The smallest absolute Gasteiger partial charge is 0.338 e. The van der Waals surface area contributed by atoms with Crippen LogP contribution in [0.15, 0.2) is 24.3 Å². The van der Waals surface area contributed by atoms with Gasteiger partial charge in [0.2, 0.25) is 5.91 Å². The van der Waals surface area contributed by atoms with Gasteiger partial charge in [-0.2, -0.15) is 0 Å². The van der Waals surface area contributed by atoms with E-state index in [1.54, 1.807) is 0 Å². The van der Waals surface area contributed by atoms with Crippen molar-refractivity contribution >= 4 is 27.6 Å². The van der Waals surface area contributed by atoms with Crippen molar-refractivity contribution in [2.75, 3.05) is 33.0 Å². The molecule has 2 amide bonds. The zero-order valence-electron chi connectivity index (χ0n) is 15.1. The summed E-state index contributed by atoms with van der Waals surface area (Å²) in [6, 6.07) is 5.91. The van der Waals surface area contributed by atoms with E-state index in [0.29, 0.717) is 12.1 Å². The summed E-state index contributed by atoms with van der Waals surface area (Å²) in [7, 11) is -1.71. The lowest BCUT2D eigenvalue weighted by molar-refractivity contribution is -0.137. The molecule has 1 aromatic rings. The highest BCUT2D eigenvalue weighted by Gasteiger charge is 2.16. The van der Waals surface area contributed by atoms with Crippen molar-refractivity contribution in [2.45, 2.75) is 19.1 Å². The first-order valence-corrected chi connectivity index (χ1v) is 10.1. The zero-order chi connectivity index (χ0) is 19.7. The van der Waals surface area contributed by atoms with Crippen LogP contribution >= 0.6 is 0 Å². The molecule has 0 saturated carbocycles. The molecule has 0 aromatic heterocycles. The van der Waals surface area contributed by atoms with Crippen LogP contribution in [0.3, 0.4) is 0 Å². The number of rotatable bonds is 9. The molecule has 1 N–H and O–H groups in total. The van der Waals surface area contributed by atoms with Gasteiger partial charge in [-0.15, -0.1) is 0 Å². The predicted octanol–water partition coefficient (Wildman–Crippen LogP) is 0.373. The van der Waals surface area contributed by atoms with E-state index < -0.39 is 28.3 Å². The van der Waals surface area contributed by atoms with Crippen molar-refractivity contribution in [3.05, 3.63) is 35.4 Å². The number of benzene rings is 1. The zero-order valence-corrected chi connectivity index (χ0v) is 16.0. The number of sulfone groups is 1. The van der Waals surface area contributed by atoms with Crippen molar-refractivity contribution in [3.63, 3.8) is 0 Å². The Bertz CT molecular complexity index is 743. The van der Waals surface area contributed by atoms with Gasteiger partial charge in [0.25, 0.3) is 5.91 Å². The van der Waals surface area contributed by atoms with E-state index in [4.69, 9.17) is 4.74 Å². The van der Waals surface area contributed by atoms with Gasteiger partial charge in [-0.05, 0) is 24.1 Å². The summed E-state index contributed by atoms with van der Waals surface area (Å²) >= 11 is 0. The van der Waals surface area contributed by atoms with Gasteiger partial charge in [-0.3, -0.25) is 9.59 Å². The van der Waals surface area contributed by atoms with E-state index in [1.807, 2.05) is 6.92 Å². The lowest BCUT2D eigenvalue weighted by Crippen LogP contribution is -2.40. The van der Waals surface area contributed by atoms with Crippen molar-refractivity contribution in [3.8, 4) is 0 Å². The summed E-state index contributed by atoms with van der Waals surface area (Å²) in [5, 5.41) is 2.65. The summed E-state index contributed by atoms with van der Waals surface area (Å²) in [5.74, 6) is -1.60. The largest absolute Gasteiger partial charge is 0.452 e. The average molecular weight is 384 g/mol. The molecule has 0 aliphatic carbocycles. The van der Waals surface area contributed by atoms with Gasteiger partial charge in [-0.25, -0.2) is 13.2 Å². The number of carbonyl (C=O) groups is 3. The Morgan fingerprint density at radius 1 is 1.15 bits per heavy atom. The van der Waals surface area contributed by atoms with Crippen LogP contribution in [0.5, 0.6) is 0 Å². The molecule has 0 radical (unpaired) electrons. The van der Waals surface area contributed by atoms with Gasteiger partial charge in [-0.1, -0.05) is 19.1 Å². The summed E-state index contributed by atoms with van der Waals surface area (Å²) in [6.07, 6.45) is 1.92. The number of nitrogens with zero attached hydrogens (tertiary/aromatic N) is 1. The maximum Gasteiger partial charge on any atom is 0.338 e. The number of nitrogens with one attached hydrogen (secondary N) is 1. The molecule has 0 heterocycles. The van der Waals surface area contributed by atoms with Crippen molar-refractivity contribution in [1.82, 2.24) is 10.2 Å². The minimum atomic E-state index is -3.16. The highest BCUT2D eigenvalue weighted by atomic mass is 32.2. The third-order valence-electron chi connectivity index (χ3n) is 3.32. The molecule has 0 unspecified atom stereocenters. The lowest BCUT2D eigenvalue weighted by Gasteiger charge is -2.16. The number of esters is 1. The fraction of sp³-hybridized carbons (Fsp3) is 0.471. The summed E-state index contributed by atoms with van der Waals surface area (Å²) in [5.41, 5.74) is 0.761. The molecule has 9 heteroatoms. The van der Waals surface area contributed by atoms with E-state index in [1.165, 1.54) is 36.2 Å². The molecule has 0 aliphatic rings. The summed E-state index contributed by atoms with van der Waals surface area (Å²) in [4.78, 5) is 36.6. The van der Waals surface area contributed by atoms with Gasteiger partial charge in [0.05, 0.1) is 17.9 Å². The van der Waals surface area contributed by atoms with E-state index in [-0.39, 0.29) is 23.8 Å². The predicted molar refractivity (Wildman–Crippen MR) is 96.2 cm³/mol. The molecule has 144 valence electrons. The lowest BCUT2D eigenvalue weighted by atomic mass is 10.1. The molecule has 0 bridgehead atoms. The molecule has 1 aromatic carbocycles. The minimum absolute atomic E-state index is 0.115. The van der Waals surface area contributed by atoms with E-state index in [2.05, 4.69) is 5.32 Å². The average Bonchev–Trinajstić information content (AvgIpc) is 2.56. The third-order valence-corrected chi connectivity index (χ3v) is 4.18. The van der Waals surface area contributed by atoms with Crippen molar-refractivity contribution in [2.24, 2.45) is 0 Å².